The van der Waals surface area contributed by atoms with Crippen LogP contribution >= 0.6 is 0 Å². The lowest BCUT2D eigenvalue weighted by Crippen LogP contribution is -2.10. The third-order valence-corrected chi connectivity index (χ3v) is 12.7. The Morgan fingerprint density at radius 1 is 0.234 bits per heavy atom. The highest BCUT2D eigenvalue weighted by atomic mass is 16.3. The van der Waals surface area contributed by atoms with Crippen molar-refractivity contribution in [3.8, 4) is 55.6 Å². The number of hydrogen-bond acceptors (Lipinski definition) is 2. The van der Waals surface area contributed by atoms with Crippen LogP contribution in [-0.2, 0) is 0 Å². The number of anilines is 3. The van der Waals surface area contributed by atoms with E-state index in [1.54, 1.807) is 0 Å². The van der Waals surface area contributed by atoms with Crippen LogP contribution in [-0.4, -0.2) is 0 Å². The van der Waals surface area contributed by atoms with Crippen molar-refractivity contribution in [2.75, 3.05) is 4.90 Å². The van der Waals surface area contributed by atoms with Gasteiger partial charge in [0.2, 0.25) is 0 Å². The summed E-state index contributed by atoms with van der Waals surface area (Å²) in [6.45, 7) is 0. The van der Waals surface area contributed by atoms with Crippen LogP contribution in [0.1, 0.15) is 0 Å². The fraction of sp³-hybridized carbons (Fsp3) is 0. The van der Waals surface area contributed by atoms with Gasteiger partial charge in [0.25, 0.3) is 0 Å². The average Bonchev–Trinajstić information content (AvgIpc) is 3.76. The third-order valence-electron chi connectivity index (χ3n) is 12.7. The molecule has 11 aromatic carbocycles. The lowest BCUT2D eigenvalue weighted by Gasteiger charge is -2.26. The molecule has 0 atom stereocenters. The molecule has 0 aliphatic carbocycles. The first-order valence-corrected chi connectivity index (χ1v) is 21.9. The molecular weight excluding hydrogens is 775 g/mol. The van der Waals surface area contributed by atoms with Gasteiger partial charge < -0.3 is 9.32 Å². The van der Waals surface area contributed by atoms with Crippen molar-refractivity contribution in [1.82, 2.24) is 0 Å². The van der Waals surface area contributed by atoms with Gasteiger partial charge in [0, 0.05) is 39.0 Å². The van der Waals surface area contributed by atoms with E-state index < -0.39 is 0 Å². The second-order valence-corrected chi connectivity index (χ2v) is 16.4. The van der Waals surface area contributed by atoms with Crippen LogP contribution in [0.2, 0.25) is 0 Å². The van der Waals surface area contributed by atoms with Crippen LogP contribution < -0.4 is 4.90 Å². The summed E-state index contributed by atoms with van der Waals surface area (Å²) < 4.78 is 6.82. The van der Waals surface area contributed by atoms with Crippen LogP contribution in [0.3, 0.4) is 0 Å². The lowest BCUT2D eigenvalue weighted by atomic mass is 9.90. The molecule has 0 unspecified atom stereocenters. The van der Waals surface area contributed by atoms with Gasteiger partial charge in [-0.2, -0.15) is 0 Å². The lowest BCUT2D eigenvalue weighted by molar-refractivity contribution is 0.671. The van der Waals surface area contributed by atoms with Crippen molar-refractivity contribution >= 4 is 60.5 Å². The summed E-state index contributed by atoms with van der Waals surface area (Å²) in [4.78, 5) is 2.37. The summed E-state index contributed by atoms with van der Waals surface area (Å²) in [6.07, 6.45) is 0. The molecule has 1 aromatic heterocycles. The zero-order valence-corrected chi connectivity index (χ0v) is 35.0. The van der Waals surface area contributed by atoms with Crippen LogP contribution in [0.15, 0.2) is 253 Å². The molecule has 0 aliphatic rings. The summed E-state index contributed by atoms with van der Waals surface area (Å²) in [6, 6.07) is 89.5. The highest BCUT2D eigenvalue weighted by molar-refractivity contribution is 6.13. The maximum absolute atomic E-state index is 6.82. The first-order valence-electron chi connectivity index (χ1n) is 21.9. The Bertz CT molecular complexity index is 3670. The minimum Gasteiger partial charge on any atom is -0.455 e. The SMILES string of the molecule is c1ccc(-c2cccc3c2oc2c(-c4cccc(-c5ccc(-c6cccc(N(c7ccccc7)c7cccc(-c8cccc9ccccc89)c7)c6)c6ccccc56)c4)cccc23)cc1. The van der Waals surface area contributed by atoms with Crippen LogP contribution in [0.4, 0.5) is 17.1 Å². The molecule has 0 radical (unpaired) electrons. The van der Waals surface area contributed by atoms with E-state index in [9.17, 15) is 0 Å². The van der Waals surface area contributed by atoms with Crippen LogP contribution in [0.5, 0.6) is 0 Å². The van der Waals surface area contributed by atoms with Crippen LogP contribution in [0.25, 0.3) is 99.1 Å². The molecule has 2 heteroatoms. The number of benzene rings is 11. The zero-order chi connectivity index (χ0) is 42.4. The van der Waals surface area contributed by atoms with Gasteiger partial charge in [-0.05, 0) is 109 Å². The summed E-state index contributed by atoms with van der Waals surface area (Å²) >= 11 is 0. The molecule has 0 amide bonds. The minimum absolute atomic E-state index is 0.906. The Labute approximate surface area is 372 Å². The molecule has 12 rings (SSSR count). The maximum atomic E-state index is 6.82. The highest BCUT2D eigenvalue weighted by Crippen LogP contribution is 2.44. The van der Waals surface area contributed by atoms with Crippen molar-refractivity contribution in [1.29, 1.82) is 0 Å². The average molecular weight is 816 g/mol. The van der Waals surface area contributed by atoms with E-state index in [1.165, 1.54) is 43.8 Å². The predicted molar refractivity (Wildman–Crippen MR) is 271 cm³/mol. The smallest absolute Gasteiger partial charge is 0.143 e. The zero-order valence-electron chi connectivity index (χ0n) is 35.0. The molecule has 0 N–H and O–H groups in total. The maximum Gasteiger partial charge on any atom is 0.143 e. The number of para-hydroxylation sites is 3. The van der Waals surface area contributed by atoms with Crippen molar-refractivity contribution in [2.24, 2.45) is 0 Å². The Kier molecular flexibility index (Phi) is 9.20. The molecule has 0 saturated carbocycles. The van der Waals surface area contributed by atoms with Crippen molar-refractivity contribution in [2.45, 2.75) is 0 Å². The van der Waals surface area contributed by atoms with E-state index in [0.717, 1.165) is 72.4 Å². The Balaban J connectivity index is 0.939. The number of furan rings is 1. The van der Waals surface area contributed by atoms with E-state index in [0.29, 0.717) is 0 Å². The van der Waals surface area contributed by atoms with E-state index in [1.807, 2.05) is 0 Å². The fourth-order valence-electron chi connectivity index (χ4n) is 9.68. The molecular formula is C62H41NO. The number of hydrogen-bond donors (Lipinski definition) is 0. The van der Waals surface area contributed by atoms with Crippen molar-refractivity contribution in [3.63, 3.8) is 0 Å². The normalized spacial score (nSPS) is 11.4. The molecule has 300 valence electrons. The van der Waals surface area contributed by atoms with E-state index >= 15 is 0 Å². The van der Waals surface area contributed by atoms with Crippen molar-refractivity contribution < 1.29 is 4.42 Å². The fourth-order valence-corrected chi connectivity index (χ4v) is 9.68. The minimum atomic E-state index is 0.906. The Morgan fingerprint density at radius 2 is 0.609 bits per heavy atom. The van der Waals surface area contributed by atoms with Gasteiger partial charge in [-0.3, -0.25) is 0 Å². The molecule has 0 bridgehead atoms. The van der Waals surface area contributed by atoms with Crippen molar-refractivity contribution in [3.05, 3.63) is 249 Å². The number of nitrogens with zero attached hydrogens (tertiary/aromatic N) is 1. The largest absolute Gasteiger partial charge is 0.455 e. The second-order valence-electron chi connectivity index (χ2n) is 16.4. The number of rotatable bonds is 8. The molecule has 12 aromatic rings. The monoisotopic (exact) mass is 815 g/mol. The summed E-state index contributed by atoms with van der Waals surface area (Å²) in [7, 11) is 0. The van der Waals surface area contributed by atoms with Gasteiger partial charge in [0.15, 0.2) is 0 Å². The van der Waals surface area contributed by atoms with Crippen LogP contribution in [0, 0.1) is 0 Å². The molecule has 64 heavy (non-hydrogen) atoms. The molecule has 1 heterocycles. The van der Waals surface area contributed by atoms with Gasteiger partial charge >= 0.3 is 0 Å². The predicted octanol–water partition coefficient (Wildman–Crippen LogP) is 17.7. The van der Waals surface area contributed by atoms with Gasteiger partial charge in [0.1, 0.15) is 11.2 Å². The van der Waals surface area contributed by atoms with Gasteiger partial charge in [-0.15, -0.1) is 0 Å². The van der Waals surface area contributed by atoms with Gasteiger partial charge in [-0.1, -0.05) is 206 Å². The topological polar surface area (TPSA) is 16.4 Å². The molecule has 0 saturated heterocycles. The van der Waals surface area contributed by atoms with Gasteiger partial charge in [-0.25, -0.2) is 0 Å². The highest BCUT2D eigenvalue weighted by Gasteiger charge is 2.19. The first kappa shape index (κ1) is 37.3. The van der Waals surface area contributed by atoms with E-state index in [2.05, 4.69) is 254 Å². The third kappa shape index (κ3) is 6.52. The first-order chi connectivity index (χ1) is 31.7. The Morgan fingerprint density at radius 3 is 1.23 bits per heavy atom. The summed E-state index contributed by atoms with van der Waals surface area (Å²) in [5, 5.41) is 7.15. The molecule has 0 aliphatic heterocycles. The quantitative estimate of drug-likeness (QED) is 0.152. The summed E-state index contributed by atoms with van der Waals surface area (Å²) in [5.74, 6) is 0. The second kappa shape index (κ2) is 15.8. The van der Waals surface area contributed by atoms with E-state index in [-0.39, 0.29) is 0 Å². The molecule has 0 fully saturated rings. The standard InChI is InChI=1S/C62H41NO/c1-3-17-43(18-4-1)55-33-15-35-59-60-36-16-34-56(62(60)64-61(55)59)45-22-11-21-44(39-45)53-37-38-54(58-31-10-9-30-57(53)58)47-24-13-28-50(41-47)63(48-25-5-2-6-26-48)49-27-12-23-46(40-49)52-32-14-20-42-19-7-8-29-51(42)52/h1-41H. The molecule has 2 nitrogen and oxygen atoms in total. The van der Waals surface area contributed by atoms with E-state index in [4.69, 9.17) is 4.42 Å². The van der Waals surface area contributed by atoms with Gasteiger partial charge in [0.05, 0.1) is 0 Å². The molecule has 0 spiro atoms. The summed E-state index contributed by atoms with van der Waals surface area (Å²) in [5.41, 5.74) is 16.7. The number of fused-ring (bicyclic) bond motifs is 5. The Hall–Kier alpha value is -8.46.